The Labute approximate surface area is 94.5 Å². The number of hydrogen-bond donors (Lipinski definition) is 1. The second kappa shape index (κ2) is 3.39. The van der Waals surface area contributed by atoms with Gasteiger partial charge in [-0.2, -0.15) is 0 Å². The van der Waals surface area contributed by atoms with Gasteiger partial charge in [-0.15, -0.1) is 0 Å². The van der Waals surface area contributed by atoms with E-state index in [0.717, 1.165) is 11.3 Å². The number of nitrogens with zero attached hydrogens (tertiary/aromatic N) is 1. The Morgan fingerprint density at radius 1 is 1.25 bits per heavy atom. The van der Waals surface area contributed by atoms with Gasteiger partial charge in [0.1, 0.15) is 5.75 Å². The molecular formula is C13H14N2O. The van der Waals surface area contributed by atoms with Crippen LogP contribution in [0.5, 0.6) is 5.75 Å². The van der Waals surface area contributed by atoms with E-state index in [0.29, 0.717) is 6.54 Å². The fourth-order valence-electron chi connectivity index (χ4n) is 2.33. The smallest absolute Gasteiger partial charge is 0.151 e. The van der Waals surface area contributed by atoms with E-state index in [1.165, 1.54) is 11.3 Å². The van der Waals surface area contributed by atoms with Gasteiger partial charge in [0.05, 0.1) is 5.69 Å². The molecule has 16 heavy (non-hydrogen) atoms. The van der Waals surface area contributed by atoms with Gasteiger partial charge in [0.2, 0.25) is 0 Å². The van der Waals surface area contributed by atoms with E-state index in [-0.39, 0.29) is 6.10 Å². The summed E-state index contributed by atoms with van der Waals surface area (Å²) in [5.41, 5.74) is 9.32. The van der Waals surface area contributed by atoms with Crippen molar-refractivity contribution >= 4 is 0 Å². The summed E-state index contributed by atoms with van der Waals surface area (Å²) in [6.45, 7) is 0.499. The molecule has 1 unspecified atom stereocenters. The number of nitrogens with two attached hydrogens (primary N) is 1. The number of ether oxygens (including phenoxy) is 1. The van der Waals surface area contributed by atoms with Crippen molar-refractivity contribution in [2.45, 2.75) is 6.10 Å². The lowest BCUT2D eigenvalue weighted by molar-refractivity contribution is 0.202. The van der Waals surface area contributed by atoms with E-state index in [2.05, 4.69) is 22.9 Å². The van der Waals surface area contributed by atoms with E-state index in [4.69, 9.17) is 10.5 Å². The maximum absolute atomic E-state index is 5.90. The molecule has 1 aliphatic heterocycles. The first-order valence-corrected chi connectivity index (χ1v) is 5.42. The molecule has 82 valence electrons. The van der Waals surface area contributed by atoms with E-state index >= 15 is 0 Å². The van der Waals surface area contributed by atoms with Crippen molar-refractivity contribution in [3.63, 3.8) is 0 Å². The highest BCUT2D eigenvalue weighted by Gasteiger charge is 2.26. The molecule has 0 amide bonds. The SMILES string of the molecule is Cn1ccc2c1C(CN)Oc1ccccc1-2. The van der Waals surface area contributed by atoms with Crippen LogP contribution in [0.25, 0.3) is 11.1 Å². The van der Waals surface area contributed by atoms with Crippen LogP contribution >= 0.6 is 0 Å². The van der Waals surface area contributed by atoms with E-state index in [9.17, 15) is 0 Å². The van der Waals surface area contributed by atoms with Crippen LogP contribution in [-0.2, 0) is 7.05 Å². The zero-order chi connectivity index (χ0) is 11.1. The summed E-state index contributed by atoms with van der Waals surface area (Å²) in [6.07, 6.45) is 2.02. The summed E-state index contributed by atoms with van der Waals surface area (Å²) in [7, 11) is 2.03. The normalized spacial score (nSPS) is 17.5. The van der Waals surface area contributed by atoms with Crippen LogP contribution in [0, 0.1) is 0 Å². The molecule has 0 saturated carbocycles. The summed E-state index contributed by atoms with van der Waals surface area (Å²) in [5, 5.41) is 0. The average molecular weight is 214 g/mol. The molecule has 1 aromatic carbocycles. The summed E-state index contributed by atoms with van der Waals surface area (Å²) in [6, 6.07) is 10.2. The maximum atomic E-state index is 5.90. The third kappa shape index (κ3) is 1.18. The van der Waals surface area contributed by atoms with Crippen LogP contribution in [0.15, 0.2) is 36.5 Å². The van der Waals surface area contributed by atoms with E-state index < -0.39 is 0 Å². The molecule has 0 fully saturated rings. The van der Waals surface area contributed by atoms with Gasteiger partial charge in [-0.25, -0.2) is 0 Å². The highest BCUT2D eigenvalue weighted by molar-refractivity contribution is 5.75. The Bertz CT molecular complexity index is 530. The lowest BCUT2D eigenvalue weighted by Gasteiger charge is -2.26. The van der Waals surface area contributed by atoms with Crippen LogP contribution < -0.4 is 10.5 Å². The van der Waals surface area contributed by atoms with Crippen LogP contribution in [0.4, 0.5) is 0 Å². The van der Waals surface area contributed by atoms with Crippen LogP contribution in [0.1, 0.15) is 11.8 Å². The van der Waals surface area contributed by atoms with E-state index in [1.54, 1.807) is 0 Å². The molecule has 3 heteroatoms. The van der Waals surface area contributed by atoms with Crippen molar-refractivity contribution in [1.82, 2.24) is 4.57 Å². The molecule has 0 aliphatic carbocycles. The second-order valence-corrected chi connectivity index (χ2v) is 4.06. The largest absolute Gasteiger partial charge is 0.482 e. The van der Waals surface area contributed by atoms with Gasteiger partial charge in [0.25, 0.3) is 0 Å². The van der Waals surface area contributed by atoms with Gasteiger partial charge < -0.3 is 15.0 Å². The van der Waals surface area contributed by atoms with Crippen molar-refractivity contribution in [3.05, 3.63) is 42.2 Å². The molecule has 1 aliphatic rings. The number of benzene rings is 1. The molecule has 2 heterocycles. The minimum Gasteiger partial charge on any atom is -0.482 e. The standard InChI is InChI=1S/C13H14N2O/c1-15-7-6-10-9-4-2-3-5-11(9)16-12(8-14)13(10)15/h2-7,12H,8,14H2,1H3. The Morgan fingerprint density at radius 3 is 2.88 bits per heavy atom. The molecule has 0 bridgehead atoms. The highest BCUT2D eigenvalue weighted by atomic mass is 16.5. The lowest BCUT2D eigenvalue weighted by atomic mass is 9.99. The lowest BCUT2D eigenvalue weighted by Crippen LogP contribution is -2.23. The molecule has 0 radical (unpaired) electrons. The number of aromatic nitrogens is 1. The molecular weight excluding hydrogens is 200 g/mol. The predicted octanol–water partition coefficient (Wildman–Crippen LogP) is 2.08. The van der Waals surface area contributed by atoms with Crippen LogP contribution in [0.3, 0.4) is 0 Å². The first-order chi connectivity index (χ1) is 7.81. The van der Waals surface area contributed by atoms with Crippen LogP contribution in [-0.4, -0.2) is 11.1 Å². The van der Waals surface area contributed by atoms with Crippen molar-refractivity contribution in [3.8, 4) is 16.9 Å². The Balaban J connectivity index is 2.25. The molecule has 3 nitrogen and oxygen atoms in total. The Hall–Kier alpha value is -1.74. The van der Waals surface area contributed by atoms with Crippen molar-refractivity contribution < 1.29 is 4.74 Å². The third-order valence-electron chi connectivity index (χ3n) is 3.09. The van der Waals surface area contributed by atoms with Gasteiger partial charge in [0.15, 0.2) is 6.10 Å². The number of hydrogen-bond acceptors (Lipinski definition) is 2. The summed E-state index contributed by atoms with van der Waals surface area (Å²) >= 11 is 0. The van der Waals surface area contributed by atoms with Gasteiger partial charge in [-0.1, -0.05) is 18.2 Å². The van der Waals surface area contributed by atoms with Gasteiger partial charge in [-0.05, 0) is 12.1 Å². The monoisotopic (exact) mass is 214 g/mol. The second-order valence-electron chi connectivity index (χ2n) is 4.06. The molecule has 1 aromatic heterocycles. The molecule has 1 atom stereocenters. The minimum atomic E-state index is -0.0371. The number of rotatable bonds is 1. The molecule has 3 rings (SSSR count). The average Bonchev–Trinajstić information content (AvgIpc) is 2.71. The number of aryl methyl sites for hydroxylation is 1. The predicted molar refractivity (Wildman–Crippen MR) is 63.3 cm³/mol. The van der Waals surface area contributed by atoms with Crippen molar-refractivity contribution in [1.29, 1.82) is 0 Å². The van der Waals surface area contributed by atoms with Crippen molar-refractivity contribution in [2.75, 3.05) is 6.54 Å². The molecule has 0 spiro atoms. The molecule has 2 N–H and O–H groups in total. The fraction of sp³-hybridized carbons (Fsp3) is 0.231. The topological polar surface area (TPSA) is 40.2 Å². The van der Waals surface area contributed by atoms with Gasteiger partial charge in [0, 0.05) is 30.9 Å². The number of fused-ring (bicyclic) bond motifs is 3. The third-order valence-corrected chi connectivity index (χ3v) is 3.09. The first kappa shape index (κ1) is 9.48. The fourth-order valence-corrected chi connectivity index (χ4v) is 2.33. The van der Waals surface area contributed by atoms with Crippen LogP contribution in [0.2, 0.25) is 0 Å². The zero-order valence-electron chi connectivity index (χ0n) is 9.18. The zero-order valence-corrected chi connectivity index (χ0v) is 9.18. The quantitative estimate of drug-likeness (QED) is 0.789. The summed E-state index contributed by atoms with van der Waals surface area (Å²) in [4.78, 5) is 0. The Morgan fingerprint density at radius 2 is 2.06 bits per heavy atom. The first-order valence-electron chi connectivity index (χ1n) is 5.42. The number of para-hydroxylation sites is 1. The van der Waals surface area contributed by atoms with Gasteiger partial charge in [-0.3, -0.25) is 0 Å². The van der Waals surface area contributed by atoms with Gasteiger partial charge >= 0.3 is 0 Å². The minimum absolute atomic E-state index is 0.0371. The molecule has 2 aromatic rings. The van der Waals surface area contributed by atoms with E-state index in [1.807, 2.05) is 25.2 Å². The maximum Gasteiger partial charge on any atom is 0.151 e. The summed E-state index contributed by atoms with van der Waals surface area (Å²) < 4.78 is 7.99. The van der Waals surface area contributed by atoms with Crippen molar-refractivity contribution in [2.24, 2.45) is 12.8 Å². The highest BCUT2D eigenvalue weighted by Crippen LogP contribution is 2.41. The Kier molecular flexibility index (Phi) is 2.01. The summed E-state index contributed by atoms with van der Waals surface area (Å²) in [5.74, 6) is 0.927. The molecule has 0 saturated heterocycles.